The molecular formula is C14H11FN2O4. The molecule has 0 aliphatic rings. The first-order valence-electron chi connectivity index (χ1n) is 5.92. The number of ketones is 1. The van der Waals surface area contributed by atoms with Gasteiger partial charge in [-0.2, -0.15) is 5.10 Å². The molecule has 1 aromatic heterocycles. The fraction of sp³-hybridized carbons (Fsp3) is 0.0714. The molecule has 0 unspecified atom stereocenters. The van der Waals surface area contributed by atoms with Gasteiger partial charge >= 0.3 is 5.97 Å². The summed E-state index contributed by atoms with van der Waals surface area (Å²) in [6.45, 7) is 0.146. The summed E-state index contributed by atoms with van der Waals surface area (Å²) in [5.41, 5.74) is 0.686. The van der Waals surface area contributed by atoms with Gasteiger partial charge < -0.3 is 10.2 Å². The Bertz CT molecular complexity index is 721. The summed E-state index contributed by atoms with van der Waals surface area (Å²) in [5, 5.41) is 21.5. The molecule has 1 heterocycles. The van der Waals surface area contributed by atoms with Crippen LogP contribution in [0.2, 0.25) is 0 Å². The van der Waals surface area contributed by atoms with Crippen LogP contribution in [0.25, 0.3) is 0 Å². The van der Waals surface area contributed by atoms with Crippen LogP contribution < -0.4 is 0 Å². The smallest absolute Gasteiger partial charge is 0.371 e. The Morgan fingerprint density at radius 3 is 2.71 bits per heavy atom. The average Bonchev–Trinajstić information content (AvgIpc) is 2.86. The van der Waals surface area contributed by atoms with Crippen molar-refractivity contribution >= 4 is 11.8 Å². The van der Waals surface area contributed by atoms with Crippen molar-refractivity contribution in [1.82, 2.24) is 9.78 Å². The summed E-state index contributed by atoms with van der Waals surface area (Å²) in [6.07, 6.45) is 1.96. The average molecular weight is 290 g/mol. The van der Waals surface area contributed by atoms with Crippen LogP contribution in [0.15, 0.2) is 48.4 Å². The van der Waals surface area contributed by atoms with Gasteiger partial charge in [-0.15, -0.1) is 0 Å². The molecule has 2 rings (SSSR count). The van der Waals surface area contributed by atoms with Gasteiger partial charge in [-0.05, 0) is 23.8 Å². The predicted octanol–water partition coefficient (Wildman–Crippen LogP) is 1.78. The van der Waals surface area contributed by atoms with Gasteiger partial charge in [0, 0.05) is 12.3 Å². The molecule has 21 heavy (non-hydrogen) atoms. The fourth-order valence-electron chi connectivity index (χ4n) is 1.74. The first-order valence-corrected chi connectivity index (χ1v) is 5.92. The zero-order valence-electron chi connectivity index (χ0n) is 10.7. The number of carbonyl (C=O) groups excluding carboxylic acids is 1. The molecule has 0 aliphatic heterocycles. The van der Waals surface area contributed by atoms with Crippen molar-refractivity contribution in [2.24, 2.45) is 0 Å². The molecule has 1 aromatic carbocycles. The van der Waals surface area contributed by atoms with Crippen LogP contribution in [0, 0.1) is 5.82 Å². The van der Waals surface area contributed by atoms with E-state index in [1.165, 1.54) is 35.1 Å². The molecule has 0 aliphatic carbocycles. The van der Waals surface area contributed by atoms with E-state index in [0.717, 1.165) is 0 Å². The lowest BCUT2D eigenvalue weighted by atomic mass is 10.2. The number of aliphatic hydroxyl groups excluding tert-OH is 1. The van der Waals surface area contributed by atoms with Gasteiger partial charge in [0.05, 0.1) is 6.54 Å². The lowest BCUT2D eigenvalue weighted by molar-refractivity contribution is -0.135. The number of carboxylic acids is 1. The normalized spacial score (nSPS) is 11.4. The van der Waals surface area contributed by atoms with Crippen molar-refractivity contribution < 1.29 is 24.2 Å². The number of nitrogens with zero attached hydrogens (tertiary/aromatic N) is 2. The highest BCUT2D eigenvalue weighted by atomic mass is 19.1. The number of carbonyl (C=O) groups is 2. The van der Waals surface area contributed by atoms with Crippen molar-refractivity contribution in [2.45, 2.75) is 6.54 Å². The quantitative estimate of drug-likeness (QED) is 0.497. The first kappa shape index (κ1) is 14.4. The Hall–Kier alpha value is -2.96. The molecule has 0 atom stereocenters. The van der Waals surface area contributed by atoms with Gasteiger partial charge in [0.15, 0.2) is 0 Å². The standard InChI is InChI=1S/C14H11FN2O4/c15-10-3-1-2-9(6-10)8-17-11(4-5-16-17)12(18)7-13(19)14(20)21/h1-7,19H,8H2,(H,20,21). The number of hydrogen-bond acceptors (Lipinski definition) is 4. The third-order valence-corrected chi connectivity index (χ3v) is 2.68. The van der Waals surface area contributed by atoms with E-state index in [2.05, 4.69) is 5.10 Å². The van der Waals surface area contributed by atoms with Crippen LogP contribution in [-0.2, 0) is 11.3 Å². The molecule has 0 radical (unpaired) electrons. The van der Waals surface area contributed by atoms with Gasteiger partial charge in [-0.1, -0.05) is 12.1 Å². The Labute approximate surface area is 118 Å². The number of aliphatic carboxylic acids is 1. The number of aromatic nitrogens is 2. The summed E-state index contributed by atoms with van der Waals surface area (Å²) in [5.74, 6) is -3.77. The third kappa shape index (κ3) is 3.53. The van der Waals surface area contributed by atoms with E-state index in [1.807, 2.05) is 0 Å². The van der Waals surface area contributed by atoms with Gasteiger partial charge in [0.2, 0.25) is 11.5 Å². The SMILES string of the molecule is O=C(O)C(O)=CC(=O)c1ccnn1Cc1cccc(F)c1. The Morgan fingerprint density at radius 1 is 1.29 bits per heavy atom. The van der Waals surface area contributed by atoms with Crippen molar-refractivity contribution in [3.8, 4) is 0 Å². The van der Waals surface area contributed by atoms with Crippen LogP contribution in [0.1, 0.15) is 16.1 Å². The van der Waals surface area contributed by atoms with E-state index in [0.29, 0.717) is 11.6 Å². The molecule has 0 spiro atoms. The summed E-state index contributed by atoms with van der Waals surface area (Å²) >= 11 is 0. The number of aliphatic hydroxyl groups is 1. The van der Waals surface area contributed by atoms with Crippen molar-refractivity contribution in [1.29, 1.82) is 0 Å². The van der Waals surface area contributed by atoms with Gasteiger partial charge in [0.25, 0.3) is 0 Å². The van der Waals surface area contributed by atoms with Gasteiger partial charge in [-0.25, -0.2) is 9.18 Å². The minimum atomic E-state index is -1.60. The number of rotatable bonds is 5. The zero-order chi connectivity index (χ0) is 15.4. The zero-order valence-corrected chi connectivity index (χ0v) is 10.7. The second-order valence-corrected chi connectivity index (χ2v) is 4.20. The van der Waals surface area contributed by atoms with E-state index >= 15 is 0 Å². The second kappa shape index (κ2) is 6.00. The Kier molecular flexibility index (Phi) is 4.13. The summed E-state index contributed by atoms with van der Waals surface area (Å²) < 4.78 is 14.4. The number of hydrogen-bond donors (Lipinski definition) is 2. The van der Waals surface area contributed by atoms with E-state index in [1.54, 1.807) is 6.07 Å². The first-order chi connectivity index (χ1) is 9.97. The third-order valence-electron chi connectivity index (χ3n) is 2.68. The maximum atomic E-state index is 13.1. The van der Waals surface area contributed by atoms with Crippen LogP contribution in [0.4, 0.5) is 4.39 Å². The maximum absolute atomic E-state index is 13.1. The monoisotopic (exact) mass is 290 g/mol. The lowest BCUT2D eigenvalue weighted by Gasteiger charge is -2.05. The van der Waals surface area contributed by atoms with Crippen LogP contribution >= 0.6 is 0 Å². The molecule has 0 bridgehead atoms. The number of halogens is 1. The minimum absolute atomic E-state index is 0.0899. The maximum Gasteiger partial charge on any atom is 0.371 e. The molecule has 0 saturated heterocycles. The topological polar surface area (TPSA) is 92.4 Å². The molecule has 2 aromatic rings. The van der Waals surface area contributed by atoms with Crippen molar-refractivity contribution in [2.75, 3.05) is 0 Å². The predicted molar refractivity (Wildman–Crippen MR) is 70.4 cm³/mol. The summed E-state index contributed by atoms with van der Waals surface area (Å²) in [7, 11) is 0. The van der Waals surface area contributed by atoms with Crippen LogP contribution in [-0.4, -0.2) is 31.7 Å². The largest absolute Gasteiger partial charge is 0.502 e. The molecule has 108 valence electrons. The van der Waals surface area contributed by atoms with Gasteiger partial charge in [0.1, 0.15) is 11.5 Å². The van der Waals surface area contributed by atoms with E-state index < -0.39 is 23.3 Å². The van der Waals surface area contributed by atoms with E-state index in [4.69, 9.17) is 10.2 Å². The number of carboxylic acid groups (broad SMARTS) is 1. The number of allylic oxidation sites excluding steroid dienone is 1. The highest BCUT2D eigenvalue weighted by molar-refractivity contribution is 6.06. The summed E-state index contributed by atoms with van der Waals surface area (Å²) in [4.78, 5) is 22.3. The highest BCUT2D eigenvalue weighted by Crippen LogP contribution is 2.09. The Morgan fingerprint density at radius 2 is 2.05 bits per heavy atom. The fourth-order valence-corrected chi connectivity index (χ4v) is 1.74. The van der Waals surface area contributed by atoms with E-state index in [-0.39, 0.29) is 12.2 Å². The van der Waals surface area contributed by atoms with Crippen LogP contribution in [0.3, 0.4) is 0 Å². The molecular weight excluding hydrogens is 279 g/mol. The van der Waals surface area contributed by atoms with Crippen LogP contribution in [0.5, 0.6) is 0 Å². The molecule has 0 saturated carbocycles. The minimum Gasteiger partial charge on any atom is -0.502 e. The molecule has 6 nitrogen and oxygen atoms in total. The second-order valence-electron chi connectivity index (χ2n) is 4.20. The molecule has 2 N–H and O–H groups in total. The number of benzene rings is 1. The highest BCUT2D eigenvalue weighted by Gasteiger charge is 2.14. The van der Waals surface area contributed by atoms with Crippen molar-refractivity contribution in [3.63, 3.8) is 0 Å². The lowest BCUT2D eigenvalue weighted by Crippen LogP contribution is -2.12. The molecule has 7 heteroatoms. The van der Waals surface area contributed by atoms with Crippen molar-refractivity contribution in [3.05, 3.63) is 65.4 Å². The van der Waals surface area contributed by atoms with Gasteiger partial charge in [-0.3, -0.25) is 9.48 Å². The summed E-state index contributed by atoms with van der Waals surface area (Å²) in [6, 6.07) is 7.19. The molecule has 0 amide bonds. The Balaban J connectivity index is 2.25. The molecule has 0 fully saturated rings. The van der Waals surface area contributed by atoms with E-state index in [9.17, 15) is 14.0 Å².